The summed E-state index contributed by atoms with van der Waals surface area (Å²) in [5.41, 5.74) is 0.771. The summed E-state index contributed by atoms with van der Waals surface area (Å²) in [6.45, 7) is 4.72. The predicted molar refractivity (Wildman–Crippen MR) is 103 cm³/mol. The lowest BCUT2D eigenvalue weighted by atomic mass is 10.2. The molecule has 1 N–H and O–H groups in total. The fourth-order valence-corrected chi connectivity index (χ4v) is 5.02. The highest BCUT2D eigenvalue weighted by atomic mass is 32.2. The normalized spacial score (nSPS) is 15.9. The zero-order valence-electron chi connectivity index (χ0n) is 14.6. The second-order valence-corrected chi connectivity index (χ2v) is 9.29. The largest absolute Gasteiger partial charge is 0.383 e. The van der Waals surface area contributed by atoms with E-state index >= 15 is 0 Å². The number of methoxy groups -OCH3 is 1. The van der Waals surface area contributed by atoms with E-state index in [4.69, 9.17) is 4.74 Å². The summed E-state index contributed by atoms with van der Waals surface area (Å²) >= 11 is 4.13. The van der Waals surface area contributed by atoms with Gasteiger partial charge in [-0.1, -0.05) is 30.0 Å². The van der Waals surface area contributed by atoms with Crippen molar-refractivity contribution in [3.8, 4) is 0 Å². The van der Waals surface area contributed by atoms with Gasteiger partial charge in [-0.2, -0.15) is 0 Å². The van der Waals surface area contributed by atoms with Gasteiger partial charge in [-0.25, -0.2) is 4.98 Å². The molecular formula is C15H19N5O3S3. The van der Waals surface area contributed by atoms with Gasteiger partial charge in [0.1, 0.15) is 5.01 Å². The fourth-order valence-electron chi connectivity index (χ4n) is 2.45. The van der Waals surface area contributed by atoms with Gasteiger partial charge in [-0.15, -0.1) is 22.0 Å². The zero-order chi connectivity index (χ0) is 18.7. The summed E-state index contributed by atoms with van der Waals surface area (Å²) in [4.78, 5) is 30.3. The van der Waals surface area contributed by atoms with E-state index < -0.39 is 0 Å². The Morgan fingerprint density at radius 2 is 2.27 bits per heavy atom. The molecular weight excluding hydrogens is 394 g/mol. The van der Waals surface area contributed by atoms with Gasteiger partial charge in [-0.05, 0) is 6.92 Å². The molecule has 0 saturated carbocycles. The van der Waals surface area contributed by atoms with Gasteiger partial charge < -0.3 is 4.74 Å². The minimum absolute atomic E-state index is 0.0518. The number of thioether (sulfide) groups is 2. The number of nitrogens with one attached hydrogen (secondary N) is 1. The fraction of sp³-hybridized carbons (Fsp3) is 0.533. The average molecular weight is 414 g/mol. The third kappa shape index (κ3) is 4.45. The third-order valence-corrected chi connectivity index (χ3v) is 6.53. The molecule has 0 aliphatic carbocycles. The number of fused-ring (bicyclic) bond motifs is 1. The Kier molecular flexibility index (Phi) is 6.33. The number of anilines is 1. The first-order valence-electron chi connectivity index (χ1n) is 8.00. The molecule has 0 spiro atoms. The number of hydrogen-bond acceptors (Lipinski definition) is 9. The molecule has 8 nitrogen and oxygen atoms in total. The van der Waals surface area contributed by atoms with E-state index in [0.29, 0.717) is 33.6 Å². The van der Waals surface area contributed by atoms with Crippen molar-refractivity contribution in [2.45, 2.75) is 42.1 Å². The van der Waals surface area contributed by atoms with Crippen LogP contribution in [0.3, 0.4) is 0 Å². The van der Waals surface area contributed by atoms with Crippen LogP contribution in [0.4, 0.5) is 5.13 Å². The maximum Gasteiger partial charge on any atom is 0.268 e. The Labute approximate surface area is 163 Å². The predicted octanol–water partition coefficient (Wildman–Crippen LogP) is 1.82. The molecule has 1 atom stereocenters. The number of aromatic nitrogens is 4. The second kappa shape index (κ2) is 8.51. The van der Waals surface area contributed by atoms with Gasteiger partial charge in [0.2, 0.25) is 11.0 Å². The van der Waals surface area contributed by atoms with Gasteiger partial charge in [0.15, 0.2) is 5.16 Å². The van der Waals surface area contributed by atoms with E-state index in [1.165, 1.54) is 23.1 Å². The Morgan fingerprint density at radius 3 is 2.96 bits per heavy atom. The summed E-state index contributed by atoms with van der Waals surface area (Å²) in [5.74, 6) is -0.0681. The number of aryl methyl sites for hydroxylation is 1. The number of carbonyl (C=O) groups excluding carboxylic acids is 1. The second-order valence-electron chi connectivity index (χ2n) is 5.72. The van der Waals surface area contributed by atoms with E-state index in [1.54, 1.807) is 23.4 Å². The van der Waals surface area contributed by atoms with Crippen LogP contribution in [0.5, 0.6) is 0 Å². The first-order chi connectivity index (χ1) is 12.5. The van der Waals surface area contributed by atoms with Crippen molar-refractivity contribution in [2.24, 2.45) is 0 Å². The zero-order valence-corrected chi connectivity index (χ0v) is 17.1. The van der Waals surface area contributed by atoms with E-state index in [2.05, 4.69) is 27.4 Å². The smallest absolute Gasteiger partial charge is 0.268 e. The summed E-state index contributed by atoms with van der Waals surface area (Å²) in [6.07, 6.45) is 0.768. The molecule has 0 radical (unpaired) electrons. The molecule has 2 aromatic rings. The quantitative estimate of drug-likeness (QED) is 0.542. The first-order valence-corrected chi connectivity index (χ1v) is 10.7. The summed E-state index contributed by atoms with van der Waals surface area (Å²) in [7, 11) is 1.59. The highest BCUT2D eigenvalue weighted by Gasteiger charge is 2.26. The molecule has 0 fully saturated rings. The van der Waals surface area contributed by atoms with Crippen LogP contribution in [0.25, 0.3) is 0 Å². The molecule has 1 aliphatic rings. The van der Waals surface area contributed by atoms with Crippen molar-refractivity contribution < 1.29 is 9.53 Å². The van der Waals surface area contributed by atoms with Gasteiger partial charge in [0.05, 0.1) is 29.5 Å². The topological polar surface area (TPSA) is 99.0 Å². The van der Waals surface area contributed by atoms with E-state index in [1.807, 2.05) is 6.92 Å². The molecule has 3 rings (SSSR count). The third-order valence-electron chi connectivity index (χ3n) is 3.59. The van der Waals surface area contributed by atoms with Crippen molar-refractivity contribution in [2.75, 3.05) is 24.8 Å². The van der Waals surface area contributed by atoms with E-state index in [-0.39, 0.29) is 17.2 Å². The van der Waals surface area contributed by atoms with E-state index in [9.17, 15) is 9.59 Å². The molecule has 0 saturated heterocycles. The van der Waals surface area contributed by atoms with Crippen LogP contribution in [0, 0.1) is 6.92 Å². The van der Waals surface area contributed by atoms with Gasteiger partial charge >= 0.3 is 0 Å². The lowest BCUT2D eigenvalue weighted by Crippen LogP contribution is -2.27. The van der Waals surface area contributed by atoms with Crippen molar-refractivity contribution >= 4 is 45.9 Å². The van der Waals surface area contributed by atoms with Crippen molar-refractivity contribution in [3.63, 3.8) is 0 Å². The van der Waals surface area contributed by atoms with Crippen LogP contribution in [-0.4, -0.2) is 50.4 Å². The molecule has 1 unspecified atom stereocenters. The van der Waals surface area contributed by atoms with Crippen molar-refractivity contribution in [1.29, 1.82) is 0 Å². The van der Waals surface area contributed by atoms with Gasteiger partial charge in [0, 0.05) is 18.8 Å². The van der Waals surface area contributed by atoms with Crippen LogP contribution in [0.2, 0.25) is 0 Å². The van der Waals surface area contributed by atoms with Crippen molar-refractivity contribution in [3.05, 3.63) is 21.1 Å². The molecule has 2 aromatic heterocycles. The van der Waals surface area contributed by atoms with Crippen LogP contribution >= 0.6 is 34.9 Å². The maximum absolute atomic E-state index is 12.8. The Morgan fingerprint density at radius 1 is 1.46 bits per heavy atom. The summed E-state index contributed by atoms with van der Waals surface area (Å²) in [6, 6.07) is 0. The van der Waals surface area contributed by atoms with Gasteiger partial charge in [-0.3, -0.25) is 19.5 Å². The monoisotopic (exact) mass is 413 g/mol. The molecule has 1 amide bonds. The van der Waals surface area contributed by atoms with Crippen LogP contribution in [-0.2, 0) is 22.5 Å². The standard InChI is InChI=1S/C15H19N5O3S3/c1-8-6-10-12(25-8)13(22)20(4-5-23-3)15(16-10)24-7-11(21)17-14-19-18-9(2)26-14/h8H,4-7H2,1-3H3,(H,17,19,21). The Hall–Kier alpha value is -1.43. The van der Waals surface area contributed by atoms with Crippen LogP contribution < -0.4 is 10.9 Å². The number of rotatable bonds is 7. The number of carbonyl (C=O) groups is 1. The molecule has 140 valence electrons. The molecule has 26 heavy (non-hydrogen) atoms. The average Bonchev–Trinajstić information content (AvgIpc) is 3.17. The number of ether oxygens (including phenoxy) is 1. The molecule has 1 aliphatic heterocycles. The summed E-state index contributed by atoms with van der Waals surface area (Å²) in [5, 5.41) is 12.6. The SMILES string of the molecule is COCCn1c(SCC(=O)Nc2nnc(C)s2)nc2c(c1=O)SC(C)C2. The Bertz CT molecular complexity index is 867. The molecule has 11 heteroatoms. The molecule has 0 aromatic carbocycles. The minimum Gasteiger partial charge on any atom is -0.383 e. The van der Waals surface area contributed by atoms with Crippen molar-refractivity contribution in [1.82, 2.24) is 19.7 Å². The van der Waals surface area contributed by atoms with Crippen LogP contribution in [0.15, 0.2) is 14.8 Å². The highest BCUT2D eigenvalue weighted by molar-refractivity contribution is 8.00. The maximum atomic E-state index is 12.8. The number of nitrogens with zero attached hydrogens (tertiary/aromatic N) is 4. The van der Waals surface area contributed by atoms with E-state index in [0.717, 1.165) is 17.1 Å². The molecule has 0 bridgehead atoms. The lowest BCUT2D eigenvalue weighted by molar-refractivity contribution is -0.113. The van der Waals surface area contributed by atoms with Crippen LogP contribution in [0.1, 0.15) is 17.6 Å². The number of hydrogen-bond donors (Lipinski definition) is 1. The number of amides is 1. The Balaban J connectivity index is 1.75. The molecule has 3 heterocycles. The minimum atomic E-state index is -0.207. The first kappa shape index (κ1) is 19.3. The lowest BCUT2D eigenvalue weighted by Gasteiger charge is -2.13. The highest BCUT2D eigenvalue weighted by Crippen LogP contribution is 2.34. The summed E-state index contributed by atoms with van der Waals surface area (Å²) < 4.78 is 6.70. The van der Waals surface area contributed by atoms with Gasteiger partial charge in [0.25, 0.3) is 5.56 Å².